The zero-order valence-electron chi connectivity index (χ0n) is 18.4. The topological polar surface area (TPSA) is 104 Å². The molecule has 0 aromatic heterocycles. The molecular formula is C26H18F3NO6. The number of aliphatic hydroxyl groups is 1. The number of aliphatic carboxylic acids is 1. The maximum atomic E-state index is 13.1. The zero-order chi connectivity index (χ0) is 26.0. The van der Waals surface area contributed by atoms with Gasteiger partial charge in [0.15, 0.2) is 6.61 Å². The van der Waals surface area contributed by atoms with E-state index in [1.807, 2.05) is 0 Å². The van der Waals surface area contributed by atoms with Crippen molar-refractivity contribution in [2.24, 2.45) is 0 Å². The van der Waals surface area contributed by atoms with E-state index < -0.39 is 47.8 Å². The zero-order valence-corrected chi connectivity index (χ0v) is 18.4. The fourth-order valence-corrected chi connectivity index (χ4v) is 3.87. The van der Waals surface area contributed by atoms with Crippen LogP contribution in [0.5, 0.6) is 5.75 Å². The average Bonchev–Trinajstić information content (AvgIpc) is 3.13. The van der Waals surface area contributed by atoms with Gasteiger partial charge in [-0.05, 0) is 54.1 Å². The summed E-state index contributed by atoms with van der Waals surface area (Å²) in [7, 11) is 0. The number of benzene rings is 3. The molecule has 2 N–H and O–H groups in total. The number of nitrogens with zero attached hydrogens (tertiary/aromatic N) is 1. The molecule has 4 rings (SSSR count). The van der Waals surface area contributed by atoms with Crippen LogP contribution < -0.4 is 9.64 Å². The molecule has 184 valence electrons. The summed E-state index contributed by atoms with van der Waals surface area (Å²) in [6.07, 6.45) is -4.58. The monoisotopic (exact) mass is 497 g/mol. The number of carbonyl (C=O) groups is 3. The third-order valence-electron chi connectivity index (χ3n) is 5.52. The normalized spacial score (nSPS) is 17.3. The SMILES string of the molecule is O=C(O)COc1ccc(C(O)=C2C(=O)C(=O)N(c3ccc(C(F)(F)F)cc3)C2c2ccccc2)cc1. The number of anilines is 1. The molecule has 1 aliphatic heterocycles. The Hall–Kier alpha value is -4.60. The van der Waals surface area contributed by atoms with Gasteiger partial charge in [0.2, 0.25) is 0 Å². The van der Waals surface area contributed by atoms with Gasteiger partial charge in [-0.3, -0.25) is 14.5 Å². The van der Waals surface area contributed by atoms with Crippen LogP contribution in [0.3, 0.4) is 0 Å². The number of hydrogen-bond donors (Lipinski definition) is 2. The Labute approximate surface area is 202 Å². The van der Waals surface area contributed by atoms with Crippen molar-refractivity contribution in [2.45, 2.75) is 12.2 Å². The van der Waals surface area contributed by atoms with Crippen LogP contribution in [0.4, 0.5) is 18.9 Å². The van der Waals surface area contributed by atoms with Crippen LogP contribution in [-0.2, 0) is 20.6 Å². The number of aliphatic hydroxyl groups excluding tert-OH is 1. The highest BCUT2D eigenvalue weighted by atomic mass is 19.4. The summed E-state index contributed by atoms with van der Waals surface area (Å²) >= 11 is 0. The highest BCUT2D eigenvalue weighted by Crippen LogP contribution is 2.42. The first-order valence-electron chi connectivity index (χ1n) is 10.6. The fraction of sp³-hybridized carbons (Fsp3) is 0.115. The number of carboxylic acids is 1. The van der Waals surface area contributed by atoms with Crippen LogP contribution in [0.1, 0.15) is 22.7 Å². The van der Waals surface area contributed by atoms with Gasteiger partial charge >= 0.3 is 12.1 Å². The summed E-state index contributed by atoms with van der Waals surface area (Å²) in [5, 5.41) is 19.8. The van der Waals surface area contributed by atoms with Crippen molar-refractivity contribution in [1.82, 2.24) is 0 Å². The minimum absolute atomic E-state index is 0.0513. The molecule has 3 aromatic carbocycles. The largest absolute Gasteiger partial charge is 0.507 e. The van der Waals surface area contributed by atoms with Crippen LogP contribution in [0.15, 0.2) is 84.4 Å². The van der Waals surface area contributed by atoms with E-state index in [1.54, 1.807) is 30.3 Å². The minimum Gasteiger partial charge on any atom is -0.507 e. The summed E-state index contributed by atoms with van der Waals surface area (Å²) in [4.78, 5) is 37.9. The molecule has 1 heterocycles. The van der Waals surface area contributed by atoms with Crippen LogP contribution >= 0.6 is 0 Å². The van der Waals surface area contributed by atoms with E-state index >= 15 is 0 Å². The Kier molecular flexibility index (Phi) is 6.52. The molecule has 7 nitrogen and oxygen atoms in total. The lowest BCUT2D eigenvalue weighted by molar-refractivity contribution is -0.139. The number of Topliss-reactive ketones (excluding diaryl/α,β-unsaturated/α-hetero) is 1. The van der Waals surface area contributed by atoms with Gasteiger partial charge in [0.1, 0.15) is 11.5 Å². The maximum absolute atomic E-state index is 13.1. The Morgan fingerprint density at radius 2 is 1.50 bits per heavy atom. The van der Waals surface area contributed by atoms with Gasteiger partial charge < -0.3 is 14.9 Å². The Morgan fingerprint density at radius 3 is 2.06 bits per heavy atom. The predicted octanol–water partition coefficient (Wildman–Crippen LogP) is 4.80. The minimum atomic E-state index is -4.58. The van der Waals surface area contributed by atoms with E-state index in [4.69, 9.17) is 9.84 Å². The van der Waals surface area contributed by atoms with Gasteiger partial charge in [-0.25, -0.2) is 4.79 Å². The van der Waals surface area contributed by atoms with Gasteiger partial charge in [-0.15, -0.1) is 0 Å². The number of carboxylic acid groups (broad SMARTS) is 1. The van der Waals surface area contributed by atoms with E-state index in [0.29, 0.717) is 5.56 Å². The Morgan fingerprint density at radius 1 is 0.889 bits per heavy atom. The van der Waals surface area contributed by atoms with Gasteiger partial charge in [-0.1, -0.05) is 30.3 Å². The number of ketones is 1. The number of rotatable bonds is 6. The molecule has 0 saturated carbocycles. The third-order valence-corrected chi connectivity index (χ3v) is 5.52. The second kappa shape index (κ2) is 9.57. The summed E-state index contributed by atoms with van der Waals surface area (Å²) in [6, 6.07) is 16.6. The highest BCUT2D eigenvalue weighted by molar-refractivity contribution is 6.51. The maximum Gasteiger partial charge on any atom is 0.416 e. The molecule has 10 heteroatoms. The first-order chi connectivity index (χ1) is 17.1. The van der Waals surface area contributed by atoms with E-state index in [1.165, 1.54) is 24.3 Å². The second-order valence-corrected chi connectivity index (χ2v) is 7.83. The number of hydrogen-bond acceptors (Lipinski definition) is 5. The third kappa shape index (κ3) is 4.78. The second-order valence-electron chi connectivity index (χ2n) is 7.83. The molecule has 36 heavy (non-hydrogen) atoms. The summed E-state index contributed by atoms with van der Waals surface area (Å²) in [5.41, 5.74) is -0.492. The Bertz CT molecular complexity index is 1330. The van der Waals surface area contributed by atoms with Crippen molar-refractivity contribution in [1.29, 1.82) is 0 Å². The first-order valence-corrected chi connectivity index (χ1v) is 10.6. The molecule has 0 aliphatic carbocycles. The molecule has 1 atom stereocenters. The highest BCUT2D eigenvalue weighted by Gasteiger charge is 2.47. The molecule has 1 fully saturated rings. The molecule has 0 radical (unpaired) electrons. The number of ether oxygens (including phenoxy) is 1. The van der Waals surface area contributed by atoms with E-state index in [-0.39, 0.29) is 22.6 Å². The van der Waals surface area contributed by atoms with Crippen molar-refractivity contribution in [3.63, 3.8) is 0 Å². The van der Waals surface area contributed by atoms with Gasteiger partial charge in [0.25, 0.3) is 11.7 Å². The standard InChI is InChI=1S/C26H18F3NO6/c27-26(28,29)17-8-10-18(11-9-17)30-22(15-4-2-1-3-5-15)21(24(34)25(30)35)23(33)16-6-12-19(13-7-16)36-14-20(31)32/h1-13,22,33H,14H2,(H,31,32). The number of amides is 1. The first kappa shape index (κ1) is 24.5. The number of carbonyl (C=O) groups excluding carboxylic acids is 2. The lowest BCUT2D eigenvalue weighted by Gasteiger charge is -2.25. The van der Waals surface area contributed by atoms with Crippen LogP contribution in [0.25, 0.3) is 5.76 Å². The number of alkyl halides is 3. The summed E-state index contributed by atoms with van der Waals surface area (Å²) in [6.45, 7) is -0.572. The van der Waals surface area contributed by atoms with Crippen LogP contribution in [0, 0.1) is 0 Å². The average molecular weight is 497 g/mol. The number of halogens is 3. The predicted molar refractivity (Wildman–Crippen MR) is 122 cm³/mol. The van der Waals surface area contributed by atoms with Gasteiger partial charge in [0, 0.05) is 11.3 Å². The van der Waals surface area contributed by atoms with E-state index in [2.05, 4.69) is 0 Å². The van der Waals surface area contributed by atoms with Crippen molar-refractivity contribution < 1.29 is 42.5 Å². The van der Waals surface area contributed by atoms with Crippen LogP contribution in [0.2, 0.25) is 0 Å². The summed E-state index contributed by atoms with van der Waals surface area (Å²) in [5.74, 6) is -3.48. The molecular weight excluding hydrogens is 479 g/mol. The van der Waals surface area contributed by atoms with Crippen molar-refractivity contribution >= 4 is 29.1 Å². The molecule has 3 aromatic rings. The molecule has 0 bridgehead atoms. The molecule has 1 aliphatic rings. The van der Waals surface area contributed by atoms with E-state index in [0.717, 1.165) is 29.2 Å². The lowest BCUT2D eigenvalue weighted by Crippen LogP contribution is -2.29. The fourth-order valence-electron chi connectivity index (χ4n) is 3.87. The molecule has 1 unspecified atom stereocenters. The van der Waals surface area contributed by atoms with Gasteiger partial charge in [0.05, 0.1) is 17.2 Å². The van der Waals surface area contributed by atoms with Gasteiger partial charge in [-0.2, -0.15) is 13.2 Å². The molecule has 1 saturated heterocycles. The quantitative estimate of drug-likeness (QED) is 0.288. The lowest BCUT2D eigenvalue weighted by atomic mass is 9.95. The van der Waals surface area contributed by atoms with Crippen molar-refractivity contribution in [3.8, 4) is 5.75 Å². The molecule has 1 amide bonds. The van der Waals surface area contributed by atoms with Crippen molar-refractivity contribution in [3.05, 3.63) is 101 Å². The Balaban J connectivity index is 1.79. The smallest absolute Gasteiger partial charge is 0.416 e. The van der Waals surface area contributed by atoms with E-state index in [9.17, 15) is 32.7 Å². The van der Waals surface area contributed by atoms with Crippen molar-refractivity contribution in [2.75, 3.05) is 11.5 Å². The van der Waals surface area contributed by atoms with Crippen LogP contribution in [-0.4, -0.2) is 34.5 Å². The molecule has 0 spiro atoms. The summed E-state index contributed by atoms with van der Waals surface area (Å²) < 4.78 is 44.2.